The lowest BCUT2D eigenvalue weighted by Crippen LogP contribution is -1.90. The second kappa shape index (κ2) is 7.65. The number of carboxylic acid groups (broad SMARTS) is 1. The molecule has 0 radical (unpaired) electrons. The van der Waals surface area contributed by atoms with Crippen LogP contribution in [0.2, 0.25) is 0 Å². The molecule has 12 heavy (non-hydrogen) atoms. The van der Waals surface area contributed by atoms with Crippen molar-refractivity contribution in [3.8, 4) is 0 Å². The van der Waals surface area contributed by atoms with Crippen molar-refractivity contribution in [3.05, 3.63) is 24.8 Å². The van der Waals surface area contributed by atoms with Gasteiger partial charge in [-0.3, -0.25) is 4.79 Å². The van der Waals surface area contributed by atoms with Crippen LogP contribution in [0.1, 0.15) is 19.8 Å². The topological polar surface area (TPSA) is 63.1 Å². The van der Waals surface area contributed by atoms with Crippen LogP contribution in [-0.2, 0) is 4.79 Å². The first-order chi connectivity index (χ1) is 5.77. The Kier molecular flexibility index (Phi) is 6.73. The zero-order valence-electron chi connectivity index (χ0n) is 6.97. The smallest absolute Gasteiger partial charge is 0.303 e. The molecule has 0 bridgehead atoms. The van der Waals surface area contributed by atoms with Crippen LogP contribution in [0, 0.1) is 0 Å². The van der Waals surface area contributed by atoms with Crippen LogP contribution >= 0.6 is 0 Å². The summed E-state index contributed by atoms with van der Waals surface area (Å²) in [5.41, 5.74) is 0. The van der Waals surface area contributed by atoms with Gasteiger partial charge in [0.05, 0.1) is 0 Å². The van der Waals surface area contributed by atoms with Crippen LogP contribution in [0.5, 0.6) is 0 Å². The van der Waals surface area contributed by atoms with E-state index in [1.807, 2.05) is 6.92 Å². The Morgan fingerprint density at radius 1 is 1.42 bits per heavy atom. The fraction of sp³-hybridized carbons (Fsp3) is 0.375. The van der Waals surface area contributed by atoms with Gasteiger partial charge in [-0.2, -0.15) is 0 Å². The lowest BCUT2D eigenvalue weighted by molar-refractivity contribution is -0.137. The highest BCUT2D eigenvalue weighted by Crippen LogP contribution is 1.82. The molecule has 4 nitrogen and oxygen atoms in total. The van der Waals surface area contributed by atoms with E-state index in [9.17, 15) is 4.79 Å². The van der Waals surface area contributed by atoms with Crippen molar-refractivity contribution in [1.82, 2.24) is 9.97 Å². The lowest BCUT2D eigenvalue weighted by Gasteiger charge is -1.79. The van der Waals surface area contributed by atoms with Gasteiger partial charge in [-0.15, -0.1) is 0 Å². The van der Waals surface area contributed by atoms with Crippen LogP contribution in [0.4, 0.5) is 0 Å². The summed E-state index contributed by atoms with van der Waals surface area (Å²) in [7, 11) is 0. The van der Waals surface area contributed by atoms with E-state index >= 15 is 0 Å². The summed E-state index contributed by atoms with van der Waals surface area (Å²) in [6.07, 6.45) is 5.90. The Bertz CT molecular complexity index is 175. The summed E-state index contributed by atoms with van der Waals surface area (Å²) in [6, 6.07) is 1.78. The second-order valence-electron chi connectivity index (χ2n) is 2.05. The predicted octanol–water partition coefficient (Wildman–Crippen LogP) is 1.35. The Balaban J connectivity index is 0.000000202. The van der Waals surface area contributed by atoms with Gasteiger partial charge in [-0.1, -0.05) is 6.92 Å². The van der Waals surface area contributed by atoms with Gasteiger partial charge in [-0.05, 0) is 12.5 Å². The van der Waals surface area contributed by atoms with E-state index in [-0.39, 0.29) is 0 Å². The van der Waals surface area contributed by atoms with E-state index in [0.29, 0.717) is 6.42 Å². The Hall–Kier alpha value is -1.45. The Morgan fingerprint density at radius 3 is 2.08 bits per heavy atom. The molecule has 0 saturated heterocycles. The molecule has 0 amide bonds. The molecule has 0 atom stereocenters. The predicted molar refractivity (Wildman–Crippen MR) is 44.6 cm³/mol. The third-order valence-electron chi connectivity index (χ3n) is 0.941. The molecule has 0 aliphatic heterocycles. The molecule has 1 aromatic rings. The van der Waals surface area contributed by atoms with Gasteiger partial charge >= 0.3 is 5.97 Å². The van der Waals surface area contributed by atoms with E-state index in [1.165, 1.54) is 6.33 Å². The van der Waals surface area contributed by atoms with E-state index in [2.05, 4.69) is 9.97 Å². The standard InChI is InChI=1S/C4H4N2.C4H8O2/c1-2-5-4-6-3-1;1-2-3-4(5)6/h1-4H;2-3H2,1H3,(H,5,6). The minimum Gasteiger partial charge on any atom is -0.481 e. The van der Waals surface area contributed by atoms with Crippen LogP contribution in [0.25, 0.3) is 0 Å². The number of carboxylic acids is 1. The van der Waals surface area contributed by atoms with Gasteiger partial charge < -0.3 is 5.11 Å². The first-order valence-electron chi connectivity index (χ1n) is 3.69. The molecule has 1 heterocycles. The first-order valence-corrected chi connectivity index (χ1v) is 3.69. The van der Waals surface area contributed by atoms with Gasteiger partial charge in [0, 0.05) is 18.8 Å². The number of nitrogens with zero attached hydrogens (tertiary/aromatic N) is 2. The van der Waals surface area contributed by atoms with Gasteiger partial charge in [-0.25, -0.2) is 9.97 Å². The second-order valence-corrected chi connectivity index (χ2v) is 2.05. The highest BCUT2D eigenvalue weighted by atomic mass is 16.4. The van der Waals surface area contributed by atoms with Crippen LogP contribution in [-0.4, -0.2) is 21.0 Å². The zero-order valence-corrected chi connectivity index (χ0v) is 6.97. The van der Waals surface area contributed by atoms with Crippen molar-refractivity contribution in [3.63, 3.8) is 0 Å². The van der Waals surface area contributed by atoms with Crippen molar-refractivity contribution in [2.45, 2.75) is 19.8 Å². The number of hydrogen-bond donors (Lipinski definition) is 1. The summed E-state index contributed by atoms with van der Waals surface area (Å²) < 4.78 is 0. The average Bonchev–Trinajstić information content (AvgIpc) is 2.08. The minimum atomic E-state index is -0.711. The molecule has 4 heteroatoms. The van der Waals surface area contributed by atoms with Crippen molar-refractivity contribution in [1.29, 1.82) is 0 Å². The SMILES string of the molecule is CCCC(=O)O.c1cncnc1. The summed E-state index contributed by atoms with van der Waals surface area (Å²) in [5.74, 6) is -0.711. The van der Waals surface area contributed by atoms with Gasteiger partial charge in [0.25, 0.3) is 0 Å². The van der Waals surface area contributed by atoms with Crippen LogP contribution in [0.3, 0.4) is 0 Å². The maximum Gasteiger partial charge on any atom is 0.303 e. The average molecular weight is 168 g/mol. The van der Waals surface area contributed by atoms with Crippen molar-refractivity contribution in [2.24, 2.45) is 0 Å². The Morgan fingerprint density at radius 2 is 2.00 bits per heavy atom. The maximum atomic E-state index is 9.60. The highest BCUT2D eigenvalue weighted by Gasteiger charge is 1.87. The lowest BCUT2D eigenvalue weighted by atomic mass is 10.4. The Labute approximate surface area is 71.3 Å². The molecular formula is C8H12N2O2. The van der Waals surface area contributed by atoms with Crippen LogP contribution < -0.4 is 0 Å². The van der Waals surface area contributed by atoms with Crippen LogP contribution in [0.15, 0.2) is 24.8 Å². The molecule has 0 aliphatic rings. The molecule has 0 aromatic carbocycles. The van der Waals surface area contributed by atoms with Crippen molar-refractivity contribution < 1.29 is 9.90 Å². The third-order valence-corrected chi connectivity index (χ3v) is 0.941. The third kappa shape index (κ3) is 8.55. The monoisotopic (exact) mass is 168 g/mol. The zero-order chi connectivity index (χ0) is 9.23. The van der Waals surface area contributed by atoms with Gasteiger partial charge in [0.1, 0.15) is 6.33 Å². The minimum absolute atomic E-state index is 0.292. The summed E-state index contributed by atoms with van der Waals surface area (Å²) in [6.45, 7) is 1.84. The number of carbonyl (C=O) groups is 1. The largest absolute Gasteiger partial charge is 0.481 e. The summed E-state index contributed by atoms with van der Waals surface area (Å²) >= 11 is 0. The molecule has 0 unspecified atom stereocenters. The van der Waals surface area contributed by atoms with Crippen molar-refractivity contribution in [2.75, 3.05) is 0 Å². The molecule has 0 aliphatic carbocycles. The number of hydrogen-bond acceptors (Lipinski definition) is 3. The molecule has 0 saturated carbocycles. The number of aromatic nitrogens is 2. The van der Waals surface area contributed by atoms with E-state index in [0.717, 1.165) is 6.42 Å². The number of rotatable bonds is 2. The van der Waals surface area contributed by atoms with Gasteiger partial charge in [0.15, 0.2) is 0 Å². The summed E-state index contributed by atoms with van der Waals surface area (Å²) in [5, 5.41) is 7.91. The first kappa shape index (κ1) is 10.6. The summed E-state index contributed by atoms with van der Waals surface area (Å²) in [4.78, 5) is 16.9. The normalized spacial score (nSPS) is 8.08. The quantitative estimate of drug-likeness (QED) is 0.723. The fourth-order valence-corrected chi connectivity index (χ4v) is 0.467. The van der Waals surface area contributed by atoms with Crippen molar-refractivity contribution >= 4 is 5.97 Å². The molecule has 1 aromatic heterocycles. The van der Waals surface area contributed by atoms with E-state index in [1.54, 1.807) is 18.5 Å². The molecule has 1 N–H and O–H groups in total. The molecule has 1 rings (SSSR count). The maximum absolute atomic E-state index is 9.60. The molecular weight excluding hydrogens is 156 g/mol. The van der Waals surface area contributed by atoms with E-state index < -0.39 is 5.97 Å². The van der Waals surface area contributed by atoms with E-state index in [4.69, 9.17) is 5.11 Å². The van der Waals surface area contributed by atoms with Gasteiger partial charge in [0.2, 0.25) is 0 Å². The number of aliphatic carboxylic acids is 1. The molecule has 66 valence electrons. The fourth-order valence-electron chi connectivity index (χ4n) is 0.467. The highest BCUT2D eigenvalue weighted by molar-refractivity contribution is 5.66. The molecule has 0 spiro atoms. The molecule has 0 fully saturated rings.